The van der Waals surface area contributed by atoms with Crippen LogP contribution >= 0.6 is 0 Å². The van der Waals surface area contributed by atoms with Crippen LogP contribution in [0.4, 0.5) is 0 Å². The van der Waals surface area contributed by atoms with Crippen LogP contribution in [0.1, 0.15) is 39.5 Å². The number of nitrogens with zero attached hydrogens (tertiary/aromatic N) is 1. The zero-order valence-corrected chi connectivity index (χ0v) is 11.2. The first-order chi connectivity index (χ1) is 7.65. The summed E-state index contributed by atoms with van der Waals surface area (Å²) in [6.07, 6.45) is 5.64. The summed E-state index contributed by atoms with van der Waals surface area (Å²) in [5.41, 5.74) is 0. The fraction of sp³-hybridized carbons (Fsp3) is 1.00. The highest BCUT2D eigenvalue weighted by Gasteiger charge is 2.26. The first-order valence-corrected chi connectivity index (χ1v) is 7.07. The maximum atomic E-state index is 3.84. The monoisotopic (exact) mass is 224 g/mol. The van der Waals surface area contributed by atoms with Gasteiger partial charge in [0.25, 0.3) is 0 Å². The smallest absolute Gasteiger partial charge is 0.00953 e. The highest BCUT2D eigenvalue weighted by Crippen LogP contribution is 2.28. The molecule has 2 heteroatoms. The second-order valence-electron chi connectivity index (χ2n) is 6.33. The van der Waals surface area contributed by atoms with Gasteiger partial charge in [-0.3, -0.25) is 0 Å². The minimum absolute atomic E-state index is 0.787. The van der Waals surface area contributed by atoms with E-state index in [0.717, 1.165) is 23.8 Å². The van der Waals surface area contributed by atoms with Crippen molar-refractivity contribution in [1.82, 2.24) is 10.2 Å². The molecule has 0 bridgehead atoms. The Morgan fingerprint density at radius 2 is 2.00 bits per heavy atom. The van der Waals surface area contributed by atoms with Gasteiger partial charge in [0.05, 0.1) is 0 Å². The highest BCUT2D eigenvalue weighted by molar-refractivity contribution is 4.83. The molecule has 2 fully saturated rings. The normalized spacial score (nSPS) is 41.4. The fourth-order valence-corrected chi connectivity index (χ4v) is 3.33. The molecule has 0 amide bonds. The molecule has 1 aliphatic carbocycles. The van der Waals surface area contributed by atoms with Crippen LogP contribution in [0.3, 0.4) is 0 Å². The Morgan fingerprint density at radius 3 is 2.69 bits per heavy atom. The van der Waals surface area contributed by atoms with Gasteiger partial charge >= 0.3 is 0 Å². The fourth-order valence-electron chi connectivity index (χ4n) is 3.33. The molecule has 94 valence electrons. The van der Waals surface area contributed by atoms with E-state index < -0.39 is 0 Å². The van der Waals surface area contributed by atoms with E-state index in [4.69, 9.17) is 0 Å². The lowest BCUT2D eigenvalue weighted by molar-refractivity contribution is 0.221. The van der Waals surface area contributed by atoms with E-state index >= 15 is 0 Å². The van der Waals surface area contributed by atoms with Crippen molar-refractivity contribution in [1.29, 1.82) is 0 Å². The minimum atomic E-state index is 0.787. The van der Waals surface area contributed by atoms with Crippen molar-refractivity contribution in [2.45, 2.75) is 45.6 Å². The third-order valence-electron chi connectivity index (χ3n) is 4.62. The molecule has 1 saturated heterocycles. The average Bonchev–Trinajstić information content (AvgIpc) is 2.66. The first-order valence-electron chi connectivity index (χ1n) is 7.07. The standard InChI is InChI=1S/C14H28N2/c1-11-4-5-12(2)14(8-11)15-9-13-6-7-16(3)10-13/h11-15H,4-10H2,1-3H3. The zero-order valence-electron chi connectivity index (χ0n) is 11.2. The lowest BCUT2D eigenvalue weighted by atomic mass is 9.80. The second kappa shape index (κ2) is 5.50. The van der Waals surface area contributed by atoms with Crippen LogP contribution in [0.25, 0.3) is 0 Å². The predicted octanol–water partition coefficient (Wildman–Crippen LogP) is 2.35. The molecule has 2 nitrogen and oxygen atoms in total. The Labute approximate surface area is 101 Å². The summed E-state index contributed by atoms with van der Waals surface area (Å²) < 4.78 is 0. The molecule has 0 aromatic heterocycles. The van der Waals surface area contributed by atoms with E-state index in [1.54, 1.807) is 0 Å². The SMILES string of the molecule is CC1CCC(C)C(NCC2CCN(C)C2)C1. The van der Waals surface area contributed by atoms with Crippen molar-refractivity contribution in [3.8, 4) is 0 Å². The quantitative estimate of drug-likeness (QED) is 0.791. The molecule has 0 aromatic rings. The third kappa shape index (κ3) is 3.21. The largest absolute Gasteiger partial charge is 0.313 e. The maximum Gasteiger partial charge on any atom is 0.00953 e. The summed E-state index contributed by atoms with van der Waals surface area (Å²) in [4.78, 5) is 2.46. The topological polar surface area (TPSA) is 15.3 Å². The predicted molar refractivity (Wildman–Crippen MR) is 69.6 cm³/mol. The van der Waals surface area contributed by atoms with Crippen LogP contribution in [-0.2, 0) is 0 Å². The Hall–Kier alpha value is -0.0800. The maximum absolute atomic E-state index is 3.84. The molecule has 1 saturated carbocycles. The van der Waals surface area contributed by atoms with Gasteiger partial charge in [-0.05, 0) is 57.2 Å². The van der Waals surface area contributed by atoms with Crippen molar-refractivity contribution >= 4 is 0 Å². The summed E-state index contributed by atoms with van der Waals surface area (Å²) >= 11 is 0. The molecule has 2 rings (SSSR count). The number of hydrogen-bond acceptors (Lipinski definition) is 2. The Kier molecular flexibility index (Phi) is 4.26. The average molecular weight is 224 g/mol. The van der Waals surface area contributed by atoms with Crippen LogP contribution in [0.5, 0.6) is 0 Å². The van der Waals surface area contributed by atoms with E-state index in [1.807, 2.05) is 0 Å². The van der Waals surface area contributed by atoms with Crippen molar-refractivity contribution in [2.75, 3.05) is 26.7 Å². The molecule has 0 spiro atoms. The molecule has 4 atom stereocenters. The lowest BCUT2D eigenvalue weighted by Crippen LogP contribution is -2.42. The van der Waals surface area contributed by atoms with E-state index in [1.165, 1.54) is 45.3 Å². The molecule has 1 N–H and O–H groups in total. The van der Waals surface area contributed by atoms with Gasteiger partial charge < -0.3 is 10.2 Å². The molecule has 1 aliphatic heterocycles. The number of rotatable bonds is 3. The molecule has 1 heterocycles. The summed E-state index contributed by atoms with van der Waals surface area (Å²) in [6.45, 7) is 8.66. The van der Waals surface area contributed by atoms with E-state index in [2.05, 4.69) is 31.1 Å². The van der Waals surface area contributed by atoms with Gasteiger partial charge in [-0.25, -0.2) is 0 Å². The molecule has 2 aliphatic rings. The van der Waals surface area contributed by atoms with Crippen LogP contribution in [0.15, 0.2) is 0 Å². The summed E-state index contributed by atoms with van der Waals surface area (Å²) in [5.74, 6) is 2.71. The van der Waals surface area contributed by atoms with E-state index in [0.29, 0.717) is 0 Å². The molecule has 4 unspecified atom stereocenters. The summed E-state index contributed by atoms with van der Waals surface area (Å²) in [6, 6.07) is 0.787. The lowest BCUT2D eigenvalue weighted by Gasteiger charge is -2.34. The number of likely N-dealkylation sites (tertiary alicyclic amines) is 1. The van der Waals surface area contributed by atoms with Crippen molar-refractivity contribution in [3.05, 3.63) is 0 Å². The third-order valence-corrected chi connectivity index (χ3v) is 4.62. The second-order valence-corrected chi connectivity index (χ2v) is 6.33. The van der Waals surface area contributed by atoms with Crippen molar-refractivity contribution < 1.29 is 0 Å². The van der Waals surface area contributed by atoms with Gasteiger partial charge in [0.15, 0.2) is 0 Å². The number of nitrogens with one attached hydrogen (secondary N) is 1. The van der Waals surface area contributed by atoms with Crippen LogP contribution in [0, 0.1) is 17.8 Å². The van der Waals surface area contributed by atoms with Crippen molar-refractivity contribution in [3.63, 3.8) is 0 Å². The van der Waals surface area contributed by atoms with E-state index in [-0.39, 0.29) is 0 Å². The zero-order chi connectivity index (χ0) is 11.5. The summed E-state index contributed by atoms with van der Waals surface area (Å²) in [7, 11) is 2.24. The van der Waals surface area contributed by atoms with Gasteiger partial charge in [-0.1, -0.05) is 20.3 Å². The van der Waals surface area contributed by atoms with Crippen molar-refractivity contribution in [2.24, 2.45) is 17.8 Å². The Bertz CT molecular complexity index is 217. The van der Waals surface area contributed by atoms with Crippen LogP contribution in [0.2, 0.25) is 0 Å². The van der Waals surface area contributed by atoms with Gasteiger partial charge in [0.1, 0.15) is 0 Å². The molecule has 0 aromatic carbocycles. The van der Waals surface area contributed by atoms with Crippen LogP contribution < -0.4 is 5.32 Å². The van der Waals surface area contributed by atoms with E-state index in [9.17, 15) is 0 Å². The van der Waals surface area contributed by atoms with Gasteiger partial charge in [-0.2, -0.15) is 0 Å². The highest BCUT2D eigenvalue weighted by atomic mass is 15.1. The van der Waals surface area contributed by atoms with Crippen LogP contribution in [-0.4, -0.2) is 37.6 Å². The first kappa shape index (κ1) is 12.4. The van der Waals surface area contributed by atoms with Gasteiger partial charge in [-0.15, -0.1) is 0 Å². The Morgan fingerprint density at radius 1 is 1.19 bits per heavy atom. The number of hydrogen-bond donors (Lipinski definition) is 1. The molecule has 16 heavy (non-hydrogen) atoms. The Balaban J connectivity index is 1.72. The molecular formula is C14H28N2. The summed E-state index contributed by atoms with van der Waals surface area (Å²) in [5, 5.41) is 3.84. The van der Waals surface area contributed by atoms with Gasteiger partial charge in [0.2, 0.25) is 0 Å². The van der Waals surface area contributed by atoms with Gasteiger partial charge in [0, 0.05) is 12.6 Å². The molecule has 0 radical (unpaired) electrons. The molecular weight excluding hydrogens is 196 g/mol. The minimum Gasteiger partial charge on any atom is -0.313 e.